The lowest BCUT2D eigenvalue weighted by molar-refractivity contribution is 0.0722. The molecule has 1 aromatic carbocycles. The summed E-state index contributed by atoms with van der Waals surface area (Å²) in [5.41, 5.74) is 2.73. The van der Waals surface area contributed by atoms with Gasteiger partial charge in [-0.3, -0.25) is 9.59 Å². The van der Waals surface area contributed by atoms with Crippen LogP contribution in [0.4, 0.5) is 0 Å². The molecule has 0 spiro atoms. The molecule has 2 unspecified atom stereocenters. The molecule has 1 aromatic rings. The normalized spacial score (nSPS) is 29.9. The lowest BCUT2D eigenvalue weighted by atomic mass is 9.66. The van der Waals surface area contributed by atoms with Crippen LogP contribution in [0.1, 0.15) is 33.6 Å². The molecule has 0 radical (unpaired) electrons. The third-order valence-corrected chi connectivity index (χ3v) is 6.41. The van der Waals surface area contributed by atoms with Crippen molar-refractivity contribution >= 4 is 21.4 Å². The van der Waals surface area contributed by atoms with Crippen LogP contribution in [-0.2, 0) is 9.84 Å². The zero-order chi connectivity index (χ0) is 14.8. The Labute approximate surface area is 122 Å². The highest BCUT2D eigenvalue weighted by atomic mass is 32.2. The van der Waals surface area contributed by atoms with Crippen molar-refractivity contribution < 1.29 is 18.0 Å². The minimum Gasteiger partial charge on any atom is -0.294 e. The summed E-state index contributed by atoms with van der Waals surface area (Å²) in [6.07, 6.45) is 0.857. The lowest BCUT2D eigenvalue weighted by Gasteiger charge is -2.34. The molecule has 0 aromatic heterocycles. The van der Waals surface area contributed by atoms with Gasteiger partial charge in [-0.25, -0.2) is 8.42 Å². The average Bonchev–Trinajstić information content (AvgIpc) is 2.76. The second-order valence-corrected chi connectivity index (χ2v) is 8.20. The Bertz CT molecular complexity index is 755. The molecule has 2 aliphatic carbocycles. The first kappa shape index (κ1) is 13.0. The molecule has 4 rings (SSSR count). The van der Waals surface area contributed by atoms with Crippen molar-refractivity contribution in [3.63, 3.8) is 0 Å². The second-order valence-electron chi connectivity index (χ2n) is 6.13. The third kappa shape index (κ3) is 1.83. The zero-order valence-electron chi connectivity index (χ0n) is 11.3. The van der Waals surface area contributed by atoms with Gasteiger partial charge in [-0.2, -0.15) is 0 Å². The van der Waals surface area contributed by atoms with E-state index in [9.17, 15) is 18.0 Å². The quantitative estimate of drug-likeness (QED) is 0.686. The number of rotatable bonds is 0. The Kier molecular flexibility index (Phi) is 2.55. The van der Waals surface area contributed by atoms with Gasteiger partial charge in [0.05, 0.1) is 11.5 Å². The third-order valence-electron chi connectivity index (χ3n) is 4.84. The SMILES string of the molecule is O=C1c2ccccc2C(=O)C2CC3=C(CC12)CS(=O)(=O)C3. The molecule has 5 heteroatoms. The molecule has 0 amide bonds. The molecule has 4 nitrogen and oxygen atoms in total. The van der Waals surface area contributed by atoms with Gasteiger partial charge in [0.25, 0.3) is 0 Å². The van der Waals surface area contributed by atoms with E-state index < -0.39 is 9.84 Å². The van der Waals surface area contributed by atoms with Crippen LogP contribution in [0.2, 0.25) is 0 Å². The molecule has 0 saturated heterocycles. The van der Waals surface area contributed by atoms with Crippen LogP contribution in [0.25, 0.3) is 0 Å². The Balaban J connectivity index is 1.78. The van der Waals surface area contributed by atoms with E-state index in [1.807, 2.05) is 0 Å². The van der Waals surface area contributed by atoms with Crippen LogP contribution in [-0.4, -0.2) is 31.5 Å². The summed E-state index contributed by atoms with van der Waals surface area (Å²) < 4.78 is 23.5. The van der Waals surface area contributed by atoms with Gasteiger partial charge in [0, 0.05) is 23.0 Å². The van der Waals surface area contributed by atoms with Crippen molar-refractivity contribution in [1.82, 2.24) is 0 Å². The summed E-state index contributed by atoms with van der Waals surface area (Å²) in [5, 5.41) is 0. The molecule has 0 saturated carbocycles. The van der Waals surface area contributed by atoms with Gasteiger partial charge in [-0.1, -0.05) is 35.4 Å². The summed E-state index contributed by atoms with van der Waals surface area (Å²) in [5.74, 6) is -0.639. The molecular formula is C16H14O4S. The number of fused-ring (bicyclic) bond motifs is 2. The van der Waals surface area contributed by atoms with E-state index in [0.717, 1.165) is 11.1 Å². The first-order valence-electron chi connectivity index (χ1n) is 7.04. The fourth-order valence-corrected chi connectivity index (χ4v) is 5.68. The Morgan fingerprint density at radius 2 is 1.24 bits per heavy atom. The van der Waals surface area contributed by atoms with E-state index in [0.29, 0.717) is 24.0 Å². The number of sulfone groups is 1. The smallest absolute Gasteiger partial charge is 0.167 e. The number of benzene rings is 1. The van der Waals surface area contributed by atoms with Crippen LogP contribution in [0, 0.1) is 11.8 Å². The standard InChI is InChI=1S/C16H14O4S/c17-15-11-3-1-2-4-12(11)16(18)14-6-10-8-21(19,20)7-9(10)5-13(14)15/h1-4,13-14H,5-8H2. The molecule has 0 fully saturated rings. The first-order chi connectivity index (χ1) is 9.96. The van der Waals surface area contributed by atoms with E-state index in [-0.39, 0.29) is 34.9 Å². The number of ketones is 2. The largest absolute Gasteiger partial charge is 0.294 e. The van der Waals surface area contributed by atoms with E-state index in [4.69, 9.17) is 0 Å². The average molecular weight is 302 g/mol. The zero-order valence-corrected chi connectivity index (χ0v) is 12.2. The second kappa shape index (κ2) is 4.13. The van der Waals surface area contributed by atoms with Crippen molar-refractivity contribution in [3.05, 3.63) is 46.5 Å². The van der Waals surface area contributed by atoms with Crippen molar-refractivity contribution in [2.45, 2.75) is 12.8 Å². The number of Topliss-reactive ketones (excluding diaryl/α,β-unsaturated/α-hetero) is 2. The van der Waals surface area contributed by atoms with E-state index in [1.54, 1.807) is 24.3 Å². The Morgan fingerprint density at radius 1 is 0.810 bits per heavy atom. The predicted octanol–water partition coefficient (Wildman–Crippen LogP) is 1.82. The summed E-state index contributed by atoms with van der Waals surface area (Å²) in [4.78, 5) is 25.2. The molecular weight excluding hydrogens is 288 g/mol. The number of carbonyl (C=O) groups is 2. The number of hydrogen-bond acceptors (Lipinski definition) is 4. The molecule has 0 bridgehead atoms. The van der Waals surface area contributed by atoms with Crippen molar-refractivity contribution in [1.29, 1.82) is 0 Å². The molecule has 0 N–H and O–H groups in total. The van der Waals surface area contributed by atoms with Gasteiger partial charge >= 0.3 is 0 Å². The maximum absolute atomic E-state index is 12.6. The first-order valence-corrected chi connectivity index (χ1v) is 8.86. The minimum absolute atomic E-state index is 0.00829. The summed E-state index contributed by atoms with van der Waals surface area (Å²) in [6.45, 7) is 0. The monoisotopic (exact) mass is 302 g/mol. The van der Waals surface area contributed by atoms with Gasteiger partial charge in [0.15, 0.2) is 21.4 Å². The molecule has 21 heavy (non-hydrogen) atoms. The van der Waals surface area contributed by atoms with Crippen LogP contribution in [0.15, 0.2) is 35.4 Å². The Morgan fingerprint density at radius 3 is 1.67 bits per heavy atom. The molecule has 2 atom stereocenters. The number of carbonyl (C=O) groups excluding carboxylic acids is 2. The highest BCUT2D eigenvalue weighted by Crippen LogP contribution is 2.44. The van der Waals surface area contributed by atoms with Crippen molar-refractivity contribution in [2.75, 3.05) is 11.5 Å². The van der Waals surface area contributed by atoms with Crippen molar-refractivity contribution in [2.24, 2.45) is 11.8 Å². The topological polar surface area (TPSA) is 68.3 Å². The van der Waals surface area contributed by atoms with Crippen LogP contribution in [0.5, 0.6) is 0 Å². The summed E-state index contributed by atoms with van der Waals surface area (Å²) in [7, 11) is -3.07. The molecule has 1 aliphatic heterocycles. The van der Waals surface area contributed by atoms with Gasteiger partial charge in [0.2, 0.25) is 0 Å². The van der Waals surface area contributed by atoms with Gasteiger partial charge in [-0.15, -0.1) is 0 Å². The van der Waals surface area contributed by atoms with Crippen LogP contribution >= 0.6 is 0 Å². The molecule has 108 valence electrons. The van der Waals surface area contributed by atoms with E-state index in [2.05, 4.69) is 0 Å². The fraction of sp³-hybridized carbons (Fsp3) is 0.375. The summed E-state index contributed by atoms with van der Waals surface area (Å²) >= 11 is 0. The van der Waals surface area contributed by atoms with Gasteiger partial charge < -0.3 is 0 Å². The van der Waals surface area contributed by atoms with Gasteiger partial charge in [0.1, 0.15) is 0 Å². The highest BCUT2D eigenvalue weighted by Gasteiger charge is 2.46. The highest BCUT2D eigenvalue weighted by molar-refractivity contribution is 7.92. The maximum atomic E-state index is 12.6. The van der Waals surface area contributed by atoms with Gasteiger partial charge in [-0.05, 0) is 12.8 Å². The Hall–Kier alpha value is -1.75. The summed E-state index contributed by atoms with van der Waals surface area (Å²) in [6, 6.07) is 6.91. The predicted molar refractivity (Wildman–Crippen MR) is 77.0 cm³/mol. The van der Waals surface area contributed by atoms with Crippen LogP contribution < -0.4 is 0 Å². The maximum Gasteiger partial charge on any atom is 0.167 e. The lowest BCUT2D eigenvalue weighted by Crippen LogP contribution is -2.39. The minimum atomic E-state index is -3.07. The fourth-order valence-electron chi connectivity index (χ4n) is 3.87. The molecule has 1 heterocycles. The van der Waals surface area contributed by atoms with E-state index in [1.165, 1.54) is 0 Å². The van der Waals surface area contributed by atoms with Crippen molar-refractivity contribution in [3.8, 4) is 0 Å². The van der Waals surface area contributed by atoms with Crippen LogP contribution in [0.3, 0.4) is 0 Å². The number of hydrogen-bond donors (Lipinski definition) is 0. The van der Waals surface area contributed by atoms with E-state index >= 15 is 0 Å². The molecule has 3 aliphatic rings.